The summed E-state index contributed by atoms with van der Waals surface area (Å²) in [6, 6.07) is 15.8. The molecule has 25 heavy (non-hydrogen) atoms. The Hall–Kier alpha value is -3.15. The molecule has 2 amide bonds. The summed E-state index contributed by atoms with van der Waals surface area (Å²) in [5.41, 5.74) is 0.490. The van der Waals surface area contributed by atoms with Crippen LogP contribution in [0.5, 0.6) is 11.5 Å². The molecule has 2 unspecified atom stereocenters. The molecule has 2 aromatic rings. The fourth-order valence-corrected chi connectivity index (χ4v) is 2.65. The first-order valence-electron chi connectivity index (χ1n) is 8.00. The van der Waals surface area contributed by atoms with Crippen molar-refractivity contribution in [1.82, 2.24) is 5.32 Å². The number of piperidine rings is 1. The summed E-state index contributed by atoms with van der Waals surface area (Å²) in [4.78, 5) is 36.1. The molecule has 0 spiro atoms. The van der Waals surface area contributed by atoms with Gasteiger partial charge in [0.05, 0.1) is 0 Å². The van der Waals surface area contributed by atoms with Gasteiger partial charge in [-0.3, -0.25) is 14.4 Å². The van der Waals surface area contributed by atoms with Gasteiger partial charge in [0.1, 0.15) is 11.5 Å². The first-order chi connectivity index (χ1) is 12.0. The fourth-order valence-electron chi connectivity index (χ4n) is 2.65. The van der Waals surface area contributed by atoms with Crippen molar-refractivity contribution in [2.24, 2.45) is 5.92 Å². The van der Waals surface area contributed by atoms with Gasteiger partial charge in [0.15, 0.2) is 11.7 Å². The Bertz CT molecular complexity index is 769. The van der Waals surface area contributed by atoms with E-state index >= 15 is 0 Å². The number of ketones is 1. The quantitative estimate of drug-likeness (QED) is 0.839. The van der Waals surface area contributed by atoms with E-state index < -0.39 is 17.7 Å². The zero-order valence-electron chi connectivity index (χ0n) is 13.7. The highest BCUT2D eigenvalue weighted by Crippen LogP contribution is 2.23. The van der Waals surface area contributed by atoms with Gasteiger partial charge in [0, 0.05) is 18.2 Å². The van der Waals surface area contributed by atoms with Crippen molar-refractivity contribution >= 4 is 23.3 Å². The fraction of sp³-hybridized carbons (Fsp3) is 0.211. The van der Waals surface area contributed by atoms with Gasteiger partial charge in [-0.1, -0.05) is 18.2 Å². The van der Waals surface area contributed by atoms with Crippen molar-refractivity contribution in [1.29, 1.82) is 0 Å². The number of ether oxygens (including phenoxy) is 1. The highest BCUT2D eigenvalue weighted by atomic mass is 16.5. The molecule has 6 heteroatoms. The molecule has 2 atom stereocenters. The third-order valence-electron chi connectivity index (χ3n) is 3.84. The van der Waals surface area contributed by atoms with E-state index in [1.54, 1.807) is 31.2 Å². The lowest BCUT2D eigenvalue weighted by molar-refractivity contribution is -0.142. The van der Waals surface area contributed by atoms with Crippen molar-refractivity contribution in [2.75, 3.05) is 5.32 Å². The summed E-state index contributed by atoms with van der Waals surface area (Å²) < 4.78 is 5.67. The van der Waals surface area contributed by atoms with Crippen LogP contribution in [0.3, 0.4) is 0 Å². The van der Waals surface area contributed by atoms with E-state index in [1.165, 1.54) is 0 Å². The third-order valence-corrected chi connectivity index (χ3v) is 3.84. The Labute approximate surface area is 145 Å². The smallest absolute Gasteiger partial charge is 0.244 e. The lowest BCUT2D eigenvalue weighted by Crippen LogP contribution is -2.51. The maximum absolute atomic E-state index is 12.2. The van der Waals surface area contributed by atoms with E-state index in [4.69, 9.17) is 4.74 Å². The van der Waals surface area contributed by atoms with Gasteiger partial charge >= 0.3 is 0 Å². The van der Waals surface area contributed by atoms with Crippen molar-refractivity contribution in [3.05, 3.63) is 54.6 Å². The van der Waals surface area contributed by atoms with Gasteiger partial charge in [0.25, 0.3) is 0 Å². The minimum Gasteiger partial charge on any atom is -0.457 e. The molecule has 1 heterocycles. The van der Waals surface area contributed by atoms with Crippen LogP contribution in [-0.2, 0) is 14.4 Å². The van der Waals surface area contributed by atoms with Crippen LogP contribution in [0.1, 0.15) is 13.3 Å². The van der Waals surface area contributed by atoms with E-state index in [-0.39, 0.29) is 18.2 Å². The predicted molar refractivity (Wildman–Crippen MR) is 92.3 cm³/mol. The number of nitrogens with one attached hydrogen (secondary N) is 2. The molecule has 0 bridgehead atoms. The van der Waals surface area contributed by atoms with Crippen LogP contribution in [-0.4, -0.2) is 23.6 Å². The molecular weight excluding hydrogens is 320 g/mol. The Morgan fingerprint density at radius 2 is 1.68 bits per heavy atom. The Morgan fingerprint density at radius 1 is 1.04 bits per heavy atom. The van der Waals surface area contributed by atoms with Gasteiger partial charge in [-0.15, -0.1) is 0 Å². The van der Waals surface area contributed by atoms with E-state index in [1.807, 2.05) is 30.3 Å². The first kappa shape index (κ1) is 16.7. The molecule has 2 N–H and O–H groups in total. The number of hydrogen-bond acceptors (Lipinski definition) is 4. The van der Waals surface area contributed by atoms with Gasteiger partial charge < -0.3 is 15.4 Å². The number of anilines is 1. The molecule has 128 valence electrons. The maximum atomic E-state index is 12.2. The molecule has 2 aromatic carbocycles. The number of amides is 2. The molecule has 0 aliphatic carbocycles. The minimum atomic E-state index is -1.29. The highest BCUT2D eigenvalue weighted by molar-refractivity contribution is 6.22. The van der Waals surface area contributed by atoms with Crippen LogP contribution < -0.4 is 15.4 Å². The minimum absolute atomic E-state index is 0.160. The second kappa shape index (κ2) is 7.17. The molecular formula is C19H18N2O4. The summed E-state index contributed by atoms with van der Waals surface area (Å²) in [6.07, 6.45) is 0.160. The largest absolute Gasteiger partial charge is 0.457 e. The van der Waals surface area contributed by atoms with Gasteiger partial charge in [0.2, 0.25) is 11.8 Å². The van der Waals surface area contributed by atoms with Gasteiger partial charge in [-0.2, -0.15) is 0 Å². The van der Waals surface area contributed by atoms with Crippen LogP contribution in [0.15, 0.2) is 54.6 Å². The van der Waals surface area contributed by atoms with Crippen LogP contribution in [0.2, 0.25) is 0 Å². The van der Waals surface area contributed by atoms with Gasteiger partial charge in [-0.05, 0) is 43.3 Å². The van der Waals surface area contributed by atoms with Crippen LogP contribution in [0, 0.1) is 5.92 Å². The van der Waals surface area contributed by atoms with E-state index in [0.29, 0.717) is 17.2 Å². The third kappa shape index (κ3) is 4.03. The van der Waals surface area contributed by atoms with Crippen molar-refractivity contribution in [3.8, 4) is 11.5 Å². The maximum Gasteiger partial charge on any atom is 0.244 e. The van der Waals surface area contributed by atoms with E-state index in [0.717, 1.165) is 0 Å². The van der Waals surface area contributed by atoms with Gasteiger partial charge in [-0.25, -0.2) is 0 Å². The molecule has 1 fully saturated rings. The molecule has 0 radical (unpaired) electrons. The lowest BCUT2D eigenvalue weighted by Gasteiger charge is -2.24. The molecule has 1 saturated heterocycles. The number of rotatable bonds is 4. The first-order valence-corrected chi connectivity index (χ1v) is 8.00. The number of carbonyl (C=O) groups excluding carboxylic acids is 3. The number of hydrogen-bond donors (Lipinski definition) is 2. The van der Waals surface area contributed by atoms with Crippen LogP contribution >= 0.6 is 0 Å². The average Bonchev–Trinajstić information content (AvgIpc) is 2.56. The number of benzene rings is 2. The lowest BCUT2D eigenvalue weighted by atomic mass is 9.92. The predicted octanol–water partition coefficient (Wildman–Crippen LogP) is 2.51. The Balaban J connectivity index is 1.64. The zero-order chi connectivity index (χ0) is 17.8. The Kier molecular flexibility index (Phi) is 4.79. The van der Waals surface area contributed by atoms with Crippen molar-refractivity contribution in [2.45, 2.75) is 19.4 Å². The highest BCUT2D eigenvalue weighted by Gasteiger charge is 2.38. The van der Waals surface area contributed by atoms with Crippen molar-refractivity contribution < 1.29 is 19.1 Å². The van der Waals surface area contributed by atoms with E-state index in [9.17, 15) is 14.4 Å². The number of carbonyl (C=O) groups is 3. The molecule has 0 aromatic heterocycles. The second-order valence-electron chi connectivity index (χ2n) is 5.94. The standard InChI is InChI=1S/C19H18N2O4/c1-12-11-16(22)17(18(23)20-12)19(24)21-13-7-9-15(10-8-13)25-14-5-3-2-4-6-14/h2-10,12,17H,11H2,1H3,(H,20,23)(H,21,24). The zero-order valence-corrected chi connectivity index (χ0v) is 13.7. The monoisotopic (exact) mass is 338 g/mol. The van der Waals surface area contributed by atoms with E-state index in [2.05, 4.69) is 10.6 Å². The van der Waals surface area contributed by atoms with Crippen molar-refractivity contribution in [3.63, 3.8) is 0 Å². The molecule has 1 aliphatic heterocycles. The normalized spacial score (nSPS) is 19.9. The topological polar surface area (TPSA) is 84.5 Å². The summed E-state index contributed by atoms with van der Waals surface area (Å²) >= 11 is 0. The summed E-state index contributed by atoms with van der Waals surface area (Å²) in [5.74, 6) is -1.51. The molecule has 0 saturated carbocycles. The molecule has 3 rings (SSSR count). The average molecular weight is 338 g/mol. The summed E-state index contributed by atoms with van der Waals surface area (Å²) in [7, 11) is 0. The summed E-state index contributed by atoms with van der Waals surface area (Å²) in [5, 5.41) is 5.22. The summed E-state index contributed by atoms with van der Waals surface area (Å²) in [6.45, 7) is 1.73. The Morgan fingerprint density at radius 3 is 2.32 bits per heavy atom. The van der Waals surface area contributed by atoms with Crippen LogP contribution in [0.4, 0.5) is 5.69 Å². The second-order valence-corrected chi connectivity index (χ2v) is 5.94. The molecule has 6 nitrogen and oxygen atoms in total. The SMILES string of the molecule is CC1CC(=O)C(C(=O)Nc2ccc(Oc3ccccc3)cc2)C(=O)N1. The van der Waals surface area contributed by atoms with Crippen LogP contribution in [0.25, 0.3) is 0 Å². The molecule has 1 aliphatic rings. The number of para-hydroxylation sites is 1. The number of Topliss-reactive ketones (excluding diaryl/α,β-unsaturated/α-hetero) is 1.